The van der Waals surface area contributed by atoms with Crippen molar-refractivity contribution in [3.8, 4) is 5.75 Å². The molecule has 3 rings (SSSR count). The fraction of sp³-hybridized carbons (Fsp3) is 0.333. The normalized spacial score (nSPS) is 15.2. The number of amides is 1. The molecule has 2 aromatic carbocycles. The molecule has 1 amide bonds. The first-order valence-electron chi connectivity index (χ1n) is 9.18. The average molecular weight is 407 g/mol. The summed E-state index contributed by atoms with van der Waals surface area (Å²) < 4.78 is 48.8. The van der Waals surface area contributed by atoms with Gasteiger partial charge in [-0.1, -0.05) is 43.2 Å². The van der Waals surface area contributed by atoms with Gasteiger partial charge in [-0.2, -0.15) is 8.78 Å². The molecule has 29 heavy (non-hydrogen) atoms. The number of carbonyl (C=O) groups excluding carboxylic acids is 2. The molecule has 1 fully saturated rings. The molecule has 1 saturated carbocycles. The minimum absolute atomic E-state index is 0.0264. The van der Waals surface area contributed by atoms with Gasteiger partial charge in [0.25, 0.3) is 5.91 Å². The van der Waals surface area contributed by atoms with Gasteiger partial charge in [0.2, 0.25) is 0 Å². The van der Waals surface area contributed by atoms with Crippen molar-refractivity contribution in [3.63, 3.8) is 0 Å². The number of esters is 1. The van der Waals surface area contributed by atoms with Crippen LogP contribution in [0.1, 0.15) is 31.2 Å². The third-order valence-corrected chi connectivity index (χ3v) is 4.95. The van der Waals surface area contributed by atoms with Gasteiger partial charge in [-0.05, 0) is 31.0 Å². The highest BCUT2D eigenvalue weighted by Crippen LogP contribution is 2.43. The van der Waals surface area contributed by atoms with Gasteiger partial charge < -0.3 is 14.8 Å². The van der Waals surface area contributed by atoms with Crippen LogP contribution in [0.5, 0.6) is 5.75 Å². The molecule has 0 heterocycles. The van der Waals surface area contributed by atoms with Crippen LogP contribution in [0, 0.1) is 5.82 Å². The van der Waals surface area contributed by atoms with Crippen molar-refractivity contribution in [2.75, 3.05) is 11.9 Å². The molecule has 0 unspecified atom stereocenters. The van der Waals surface area contributed by atoms with Crippen molar-refractivity contribution in [1.29, 1.82) is 0 Å². The predicted octanol–water partition coefficient (Wildman–Crippen LogP) is 4.42. The summed E-state index contributed by atoms with van der Waals surface area (Å²) in [5.41, 5.74) is -0.834. The molecule has 1 aliphatic rings. The highest BCUT2D eigenvalue weighted by molar-refractivity contribution is 5.95. The van der Waals surface area contributed by atoms with Gasteiger partial charge in [-0.25, -0.2) is 4.39 Å². The lowest BCUT2D eigenvalue weighted by Crippen LogP contribution is -2.37. The van der Waals surface area contributed by atoms with Gasteiger partial charge in [-0.15, -0.1) is 0 Å². The summed E-state index contributed by atoms with van der Waals surface area (Å²) in [5.74, 6) is -2.09. The summed E-state index contributed by atoms with van der Waals surface area (Å²) in [7, 11) is 0. The Morgan fingerprint density at radius 3 is 2.38 bits per heavy atom. The van der Waals surface area contributed by atoms with Crippen molar-refractivity contribution in [3.05, 3.63) is 59.9 Å². The van der Waals surface area contributed by atoms with E-state index in [9.17, 15) is 22.8 Å². The second-order valence-electron chi connectivity index (χ2n) is 6.77. The summed E-state index contributed by atoms with van der Waals surface area (Å²) in [6, 6.07) is 11.7. The van der Waals surface area contributed by atoms with Crippen molar-refractivity contribution in [2.24, 2.45) is 0 Å². The number of alkyl halides is 2. The van der Waals surface area contributed by atoms with Crippen LogP contribution in [-0.2, 0) is 19.7 Å². The average Bonchev–Trinajstić information content (AvgIpc) is 3.18. The molecule has 0 spiro atoms. The summed E-state index contributed by atoms with van der Waals surface area (Å²) >= 11 is 0. The van der Waals surface area contributed by atoms with Crippen LogP contribution in [0.15, 0.2) is 48.5 Å². The van der Waals surface area contributed by atoms with Gasteiger partial charge in [0.1, 0.15) is 11.6 Å². The largest absolute Gasteiger partial charge is 0.455 e. The van der Waals surface area contributed by atoms with Crippen molar-refractivity contribution in [1.82, 2.24) is 0 Å². The van der Waals surface area contributed by atoms with Crippen LogP contribution in [0.25, 0.3) is 0 Å². The molecule has 8 heteroatoms. The van der Waals surface area contributed by atoms with E-state index in [1.54, 1.807) is 18.2 Å². The highest BCUT2D eigenvalue weighted by Gasteiger charge is 2.45. The van der Waals surface area contributed by atoms with Crippen LogP contribution in [0.4, 0.5) is 18.9 Å². The second kappa shape index (κ2) is 8.98. The molecule has 0 radical (unpaired) electrons. The van der Waals surface area contributed by atoms with Crippen LogP contribution in [0.3, 0.4) is 0 Å². The van der Waals surface area contributed by atoms with E-state index in [2.05, 4.69) is 10.1 Å². The zero-order chi connectivity index (χ0) is 20.9. The molecular formula is C21H20F3NO4. The van der Waals surface area contributed by atoms with E-state index in [-0.39, 0.29) is 17.0 Å². The Hall–Kier alpha value is -3.03. The quantitative estimate of drug-likeness (QED) is 0.690. The number of benzene rings is 2. The first-order chi connectivity index (χ1) is 13.9. The van der Waals surface area contributed by atoms with Gasteiger partial charge in [0.05, 0.1) is 11.1 Å². The monoisotopic (exact) mass is 407 g/mol. The van der Waals surface area contributed by atoms with Crippen LogP contribution >= 0.6 is 0 Å². The van der Waals surface area contributed by atoms with E-state index in [1.807, 2.05) is 0 Å². The highest BCUT2D eigenvalue weighted by atomic mass is 19.3. The third kappa shape index (κ3) is 4.70. The molecule has 0 aromatic heterocycles. The fourth-order valence-corrected chi connectivity index (χ4v) is 3.64. The lowest BCUT2D eigenvalue weighted by atomic mass is 9.78. The lowest BCUT2D eigenvalue weighted by Gasteiger charge is -2.27. The molecule has 0 aliphatic heterocycles. The van der Waals surface area contributed by atoms with Gasteiger partial charge in [0.15, 0.2) is 6.61 Å². The summed E-state index contributed by atoms with van der Waals surface area (Å²) in [5, 5.41) is 2.38. The van der Waals surface area contributed by atoms with E-state index in [1.165, 1.54) is 30.3 Å². The van der Waals surface area contributed by atoms with Crippen molar-refractivity contribution < 1.29 is 32.2 Å². The lowest BCUT2D eigenvalue weighted by molar-refractivity contribution is -0.153. The number of hydrogen-bond donors (Lipinski definition) is 1. The molecule has 1 N–H and O–H groups in total. The van der Waals surface area contributed by atoms with Crippen LogP contribution < -0.4 is 10.1 Å². The molecule has 0 bridgehead atoms. The Kier molecular flexibility index (Phi) is 6.41. The van der Waals surface area contributed by atoms with Gasteiger partial charge >= 0.3 is 12.6 Å². The molecule has 1 aliphatic carbocycles. The number of para-hydroxylation sites is 2. The zero-order valence-electron chi connectivity index (χ0n) is 15.5. The van der Waals surface area contributed by atoms with Crippen molar-refractivity contribution >= 4 is 17.6 Å². The summed E-state index contributed by atoms with van der Waals surface area (Å²) in [6.07, 6.45) is 2.35. The minimum Gasteiger partial charge on any atom is -0.455 e. The van der Waals surface area contributed by atoms with E-state index in [4.69, 9.17) is 4.74 Å². The SMILES string of the molecule is O=C(COC(=O)C1(c2ccccc2F)CCCC1)Nc1ccccc1OC(F)F. The standard InChI is InChI=1S/C21H20F3NO4/c22-15-8-2-1-7-14(15)21(11-5-6-12-21)19(27)28-13-18(26)25-16-9-3-4-10-17(16)29-20(23)24/h1-4,7-10,20H,5-6,11-13H2,(H,25,26). The minimum atomic E-state index is -3.05. The number of rotatable bonds is 7. The Labute approximate surface area is 165 Å². The topological polar surface area (TPSA) is 64.6 Å². The summed E-state index contributed by atoms with van der Waals surface area (Å²) in [4.78, 5) is 25.0. The maximum atomic E-state index is 14.3. The number of hydrogen-bond acceptors (Lipinski definition) is 4. The second-order valence-corrected chi connectivity index (χ2v) is 6.77. The number of carbonyl (C=O) groups is 2. The first kappa shape index (κ1) is 20.7. The fourth-order valence-electron chi connectivity index (χ4n) is 3.64. The first-order valence-corrected chi connectivity index (χ1v) is 9.18. The number of halogens is 3. The van der Waals surface area contributed by atoms with Gasteiger partial charge in [-0.3, -0.25) is 9.59 Å². The third-order valence-electron chi connectivity index (χ3n) is 4.95. The van der Waals surface area contributed by atoms with Crippen LogP contribution in [-0.4, -0.2) is 25.1 Å². The molecular weight excluding hydrogens is 387 g/mol. The van der Waals surface area contributed by atoms with E-state index in [0.29, 0.717) is 12.8 Å². The molecule has 0 atom stereocenters. The summed E-state index contributed by atoms with van der Waals surface area (Å²) in [6.45, 7) is -3.67. The maximum Gasteiger partial charge on any atom is 0.387 e. The predicted molar refractivity (Wildman–Crippen MR) is 99.2 cm³/mol. The molecule has 5 nitrogen and oxygen atoms in total. The van der Waals surface area contributed by atoms with E-state index >= 15 is 0 Å². The molecule has 2 aromatic rings. The van der Waals surface area contributed by atoms with E-state index < -0.39 is 36.3 Å². The smallest absolute Gasteiger partial charge is 0.387 e. The number of anilines is 1. The molecule has 154 valence electrons. The van der Waals surface area contributed by atoms with Crippen molar-refractivity contribution in [2.45, 2.75) is 37.7 Å². The number of ether oxygens (including phenoxy) is 2. The van der Waals surface area contributed by atoms with Crippen LogP contribution in [0.2, 0.25) is 0 Å². The zero-order valence-corrected chi connectivity index (χ0v) is 15.5. The number of nitrogens with one attached hydrogen (secondary N) is 1. The Morgan fingerprint density at radius 2 is 1.69 bits per heavy atom. The molecule has 0 saturated heterocycles. The Balaban J connectivity index is 1.67. The Morgan fingerprint density at radius 1 is 1.03 bits per heavy atom. The maximum absolute atomic E-state index is 14.3. The van der Waals surface area contributed by atoms with Gasteiger partial charge in [0, 0.05) is 5.56 Å². The Bertz CT molecular complexity index is 882. The van der Waals surface area contributed by atoms with E-state index in [0.717, 1.165) is 12.8 Å².